The molecule has 4 nitrogen and oxygen atoms in total. The fourth-order valence-electron chi connectivity index (χ4n) is 1.79. The summed E-state index contributed by atoms with van der Waals surface area (Å²) in [4.78, 5) is 0. The number of phenols is 2. The van der Waals surface area contributed by atoms with Crippen LogP contribution in [0.25, 0.3) is 0 Å². The van der Waals surface area contributed by atoms with Crippen LogP contribution in [0.3, 0.4) is 0 Å². The zero-order chi connectivity index (χ0) is 13.1. The van der Waals surface area contributed by atoms with E-state index in [4.69, 9.17) is 5.73 Å². The summed E-state index contributed by atoms with van der Waals surface area (Å²) >= 11 is 0. The predicted molar refractivity (Wildman–Crippen MR) is 68.1 cm³/mol. The van der Waals surface area contributed by atoms with Crippen molar-refractivity contribution >= 4 is 0 Å². The molecule has 4 heteroatoms. The van der Waals surface area contributed by atoms with Crippen LogP contribution in [-0.4, -0.2) is 15.3 Å². The second-order valence-corrected chi connectivity index (χ2v) is 4.13. The standard InChI is InChI=1S/C14H15NO3/c15-13(9-4-2-1-3-5-9)14(18)10-6-7-11(16)12(17)8-10/h1-8,13-14,16-18H,15H2. The monoisotopic (exact) mass is 245 g/mol. The topological polar surface area (TPSA) is 86.7 Å². The second-order valence-electron chi connectivity index (χ2n) is 4.13. The van der Waals surface area contributed by atoms with Crippen molar-refractivity contribution in [3.05, 3.63) is 59.7 Å². The summed E-state index contributed by atoms with van der Waals surface area (Å²) in [6.45, 7) is 0. The van der Waals surface area contributed by atoms with Gasteiger partial charge in [0.15, 0.2) is 11.5 Å². The molecule has 2 atom stereocenters. The first kappa shape index (κ1) is 12.4. The minimum absolute atomic E-state index is 0.223. The molecule has 0 radical (unpaired) electrons. The van der Waals surface area contributed by atoms with Gasteiger partial charge in [0, 0.05) is 0 Å². The zero-order valence-corrected chi connectivity index (χ0v) is 9.69. The molecule has 0 aliphatic rings. The van der Waals surface area contributed by atoms with Crippen molar-refractivity contribution in [2.75, 3.05) is 0 Å². The predicted octanol–water partition coefficient (Wildman–Crippen LogP) is 1.83. The van der Waals surface area contributed by atoms with Crippen molar-refractivity contribution in [2.45, 2.75) is 12.1 Å². The van der Waals surface area contributed by atoms with Gasteiger partial charge in [0.2, 0.25) is 0 Å². The van der Waals surface area contributed by atoms with Crippen molar-refractivity contribution in [2.24, 2.45) is 5.73 Å². The lowest BCUT2D eigenvalue weighted by Gasteiger charge is -2.19. The van der Waals surface area contributed by atoms with Gasteiger partial charge >= 0.3 is 0 Å². The van der Waals surface area contributed by atoms with E-state index in [2.05, 4.69) is 0 Å². The second kappa shape index (κ2) is 5.08. The van der Waals surface area contributed by atoms with Gasteiger partial charge in [-0.3, -0.25) is 0 Å². The average Bonchev–Trinajstić information content (AvgIpc) is 2.41. The number of nitrogens with two attached hydrogens (primary N) is 1. The molecule has 0 aliphatic heterocycles. The van der Waals surface area contributed by atoms with Gasteiger partial charge < -0.3 is 21.1 Å². The van der Waals surface area contributed by atoms with Gasteiger partial charge in [-0.15, -0.1) is 0 Å². The van der Waals surface area contributed by atoms with Gasteiger partial charge in [0.05, 0.1) is 12.1 Å². The molecule has 94 valence electrons. The van der Waals surface area contributed by atoms with Gasteiger partial charge in [-0.25, -0.2) is 0 Å². The molecule has 0 spiro atoms. The Bertz CT molecular complexity index is 528. The van der Waals surface area contributed by atoms with Crippen molar-refractivity contribution in [3.8, 4) is 11.5 Å². The summed E-state index contributed by atoms with van der Waals surface area (Å²) in [5.74, 6) is -0.494. The van der Waals surface area contributed by atoms with Crippen LogP contribution in [0, 0.1) is 0 Å². The van der Waals surface area contributed by atoms with Crippen molar-refractivity contribution in [1.82, 2.24) is 0 Å². The maximum atomic E-state index is 10.1. The molecule has 0 aromatic heterocycles. The van der Waals surface area contributed by atoms with Crippen LogP contribution in [0.2, 0.25) is 0 Å². The van der Waals surface area contributed by atoms with Gasteiger partial charge in [-0.05, 0) is 23.3 Å². The quantitative estimate of drug-likeness (QED) is 0.621. The molecule has 0 heterocycles. The molecule has 2 aromatic carbocycles. The molecule has 0 amide bonds. The molecule has 0 saturated carbocycles. The summed E-state index contributed by atoms with van der Waals surface area (Å²) in [5.41, 5.74) is 7.23. The van der Waals surface area contributed by atoms with Gasteiger partial charge in [0.25, 0.3) is 0 Å². The number of phenolic OH excluding ortho intramolecular Hbond substituents is 2. The third-order valence-corrected chi connectivity index (χ3v) is 2.87. The fourth-order valence-corrected chi connectivity index (χ4v) is 1.79. The average molecular weight is 245 g/mol. The van der Waals surface area contributed by atoms with Gasteiger partial charge in [0.1, 0.15) is 0 Å². The number of rotatable bonds is 3. The molecule has 18 heavy (non-hydrogen) atoms. The number of benzene rings is 2. The van der Waals surface area contributed by atoms with Crippen LogP contribution < -0.4 is 5.73 Å². The first-order chi connectivity index (χ1) is 8.59. The van der Waals surface area contributed by atoms with Crippen molar-refractivity contribution in [1.29, 1.82) is 0 Å². The summed E-state index contributed by atoms with van der Waals surface area (Å²) in [7, 11) is 0. The zero-order valence-electron chi connectivity index (χ0n) is 9.69. The molecule has 0 saturated heterocycles. The van der Waals surface area contributed by atoms with E-state index in [1.165, 1.54) is 18.2 Å². The molecular weight excluding hydrogens is 230 g/mol. The maximum absolute atomic E-state index is 10.1. The van der Waals surface area contributed by atoms with E-state index in [1.807, 2.05) is 30.3 Å². The molecule has 0 fully saturated rings. The molecule has 2 rings (SSSR count). The van der Waals surface area contributed by atoms with E-state index >= 15 is 0 Å². The maximum Gasteiger partial charge on any atom is 0.157 e. The van der Waals surface area contributed by atoms with Gasteiger partial charge in [-0.1, -0.05) is 36.4 Å². The Morgan fingerprint density at radius 2 is 1.50 bits per heavy atom. The summed E-state index contributed by atoms with van der Waals surface area (Å²) in [6, 6.07) is 12.8. The van der Waals surface area contributed by atoms with Crippen molar-refractivity contribution < 1.29 is 15.3 Å². The van der Waals surface area contributed by atoms with E-state index in [9.17, 15) is 15.3 Å². The summed E-state index contributed by atoms with van der Waals surface area (Å²) < 4.78 is 0. The molecule has 0 aliphatic carbocycles. The minimum atomic E-state index is -0.945. The normalized spacial score (nSPS) is 14.1. The van der Waals surface area contributed by atoms with Crippen LogP contribution in [0.5, 0.6) is 11.5 Å². The highest BCUT2D eigenvalue weighted by Gasteiger charge is 2.19. The number of aliphatic hydroxyl groups is 1. The molecule has 2 aromatic rings. The molecule has 2 unspecified atom stereocenters. The van der Waals surface area contributed by atoms with E-state index in [-0.39, 0.29) is 11.5 Å². The molecule has 0 bridgehead atoms. The Hall–Kier alpha value is -2.04. The minimum Gasteiger partial charge on any atom is -0.504 e. The molecular formula is C14H15NO3. The van der Waals surface area contributed by atoms with Crippen molar-refractivity contribution in [3.63, 3.8) is 0 Å². The van der Waals surface area contributed by atoms with Crippen LogP contribution in [0.15, 0.2) is 48.5 Å². The highest BCUT2D eigenvalue weighted by atomic mass is 16.3. The smallest absolute Gasteiger partial charge is 0.157 e. The Kier molecular flexibility index (Phi) is 3.50. The Morgan fingerprint density at radius 1 is 0.833 bits per heavy atom. The summed E-state index contributed by atoms with van der Waals surface area (Å²) in [5, 5.41) is 28.8. The van der Waals surface area contributed by atoms with Crippen LogP contribution in [0.4, 0.5) is 0 Å². The first-order valence-electron chi connectivity index (χ1n) is 5.60. The van der Waals surface area contributed by atoms with E-state index in [0.717, 1.165) is 5.56 Å². The first-order valence-corrected chi connectivity index (χ1v) is 5.60. The van der Waals surface area contributed by atoms with E-state index in [0.29, 0.717) is 5.56 Å². The van der Waals surface area contributed by atoms with Crippen LogP contribution in [-0.2, 0) is 0 Å². The van der Waals surface area contributed by atoms with Crippen LogP contribution >= 0.6 is 0 Å². The Balaban J connectivity index is 2.25. The number of aromatic hydroxyl groups is 2. The van der Waals surface area contributed by atoms with Gasteiger partial charge in [-0.2, -0.15) is 0 Å². The largest absolute Gasteiger partial charge is 0.504 e. The Morgan fingerprint density at radius 3 is 2.11 bits per heavy atom. The lowest BCUT2D eigenvalue weighted by atomic mass is 9.96. The lowest BCUT2D eigenvalue weighted by Crippen LogP contribution is -2.19. The number of hydrogen-bond donors (Lipinski definition) is 4. The molecule has 5 N–H and O–H groups in total. The van der Waals surface area contributed by atoms with E-state index in [1.54, 1.807) is 0 Å². The SMILES string of the molecule is NC(c1ccccc1)C(O)c1ccc(O)c(O)c1. The van der Waals surface area contributed by atoms with E-state index < -0.39 is 12.1 Å². The highest BCUT2D eigenvalue weighted by Crippen LogP contribution is 2.32. The Labute approximate surface area is 105 Å². The lowest BCUT2D eigenvalue weighted by molar-refractivity contribution is 0.146. The number of aliphatic hydroxyl groups excluding tert-OH is 1. The highest BCUT2D eigenvalue weighted by molar-refractivity contribution is 5.42. The third kappa shape index (κ3) is 2.45. The number of hydrogen-bond acceptors (Lipinski definition) is 4. The van der Waals surface area contributed by atoms with Crippen LogP contribution in [0.1, 0.15) is 23.3 Å². The fraction of sp³-hybridized carbons (Fsp3) is 0.143. The third-order valence-electron chi connectivity index (χ3n) is 2.87. The summed E-state index contributed by atoms with van der Waals surface area (Å²) in [6.07, 6.45) is -0.945.